The van der Waals surface area contributed by atoms with E-state index < -0.39 is 5.38 Å². The van der Waals surface area contributed by atoms with Gasteiger partial charge in [0.1, 0.15) is 5.38 Å². The molecule has 2 atom stereocenters. The number of carbonyl (C=O) groups is 1. The molecule has 13 heavy (non-hydrogen) atoms. The third-order valence-electron chi connectivity index (χ3n) is 2.50. The van der Waals surface area contributed by atoms with Gasteiger partial charge in [0.25, 0.3) is 0 Å². The molecule has 2 unspecified atom stereocenters. The van der Waals surface area contributed by atoms with Crippen molar-refractivity contribution in [3.8, 4) is 0 Å². The van der Waals surface area contributed by atoms with Gasteiger partial charge in [-0.2, -0.15) is 0 Å². The lowest BCUT2D eigenvalue weighted by Crippen LogP contribution is -2.39. The zero-order valence-corrected chi connectivity index (χ0v) is 8.88. The molecule has 0 amide bonds. The maximum atomic E-state index is 11.1. The van der Waals surface area contributed by atoms with Crippen LogP contribution in [0.4, 0.5) is 0 Å². The Kier molecular flexibility index (Phi) is 4.00. The van der Waals surface area contributed by atoms with Gasteiger partial charge in [0.05, 0.1) is 7.11 Å². The van der Waals surface area contributed by atoms with Gasteiger partial charge in [0.15, 0.2) is 0 Å². The van der Waals surface area contributed by atoms with Crippen LogP contribution < -0.4 is 0 Å². The zero-order chi connectivity index (χ0) is 9.84. The maximum absolute atomic E-state index is 11.1. The molecule has 0 radical (unpaired) electrons. The van der Waals surface area contributed by atoms with Crippen LogP contribution in [-0.2, 0) is 9.53 Å². The monoisotopic (exact) mass is 205 g/mol. The first-order chi connectivity index (χ1) is 6.15. The van der Waals surface area contributed by atoms with Gasteiger partial charge in [0.2, 0.25) is 0 Å². The van der Waals surface area contributed by atoms with Crippen LogP contribution in [0, 0.1) is 5.92 Å². The second-order valence-electron chi connectivity index (χ2n) is 3.59. The van der Waals surface area contributed by atoms with E-state index >= 15 is 0 Å². The van der Waals surface area contributed by atoms with Gasteiger partial charge in [-0.15, -0.1) is 11.6 Å². The highest BCUT2D eigenvalue weighted by molar-refractivity contribution is 6.30. The molecule has 3 nitrogen and oxygen atoms in total. The molecular weight excluding hydrogens is 190 g/mol. The summed E-state index contributed by atoms with van der Waals surface area (Å²) >= 11 is 5.97. The molecule has 1 fully saturated rings. The number of hydrogen-bond donors (Lipinski definition) is 0. The fourth-order valence-electron chi connectivity index (χ4n) is 1.75. The van der Waals surface area contributed by atoms with Crippen LogP contribution >= 0.6 is 11.6 Å². The summed E-state index contributed by atoms with van der Waals surface area (Å²) in [5, 5.41) is -0.479. The van der Waals surface area contributed by atoms with Gasteiger partial charge in [-0.05, 0) is 32.4 Å². The van der Waals surface area contributed by atoms with E-state index in [9.17, 15) is 4.79 Å². The Morgan fingerprint density at radius 3 is 2.92 bits per heavy atom. The van der Waals surface area contributed by atoms with E-state index in [1.54, 1.807) is 0 Å². The summed E-state index contributed by atoms with van der Waals surface area (Å²) in [5.41, 5.74) is 0. The highest BCUT2D eigenvalue weighted by Gasteiger charge is 2.29. The Balaban J connectivity index is 2.45. The van der Waals surface area contributed by atoms with E-state index in [4.69, 9.17) is 11.6 Å². The number of nitrogens with zero attached hydrogens (tertiary/aromatic N) is 1. The Morgan fingerprint density at radius 1 is 1.69 bits per heavy atom. The lowest BCUT2D eigenvalue weighted by molar-refractivity contribution is -0.141. The molecule has 0 bridgehead atoms. The molecule has 0 aromatic carbocycles. The number of alkyl halides is 1. The van der Waals surface area contributed by atoms with Gasteiger partial charge >= 0.3 is 5.97 Å². The lowest BCUT2D eigenvalue weighted by Gasteiger charge is -2.31. The highest BCUT2D eigenvalue weighted by Crippen LogP contribution is 2.23. The summed E-state index contributed by atoms with van der Waals surface area (Å²) in [6.07, 6.45) is 2.13. The summed E-state index contributed by atoms with van der Waals surface area (Å²) in [7, 11) is 3.43. The van der Waals surface area contributed by atoms with Gasteiger partial charge < -0.3 is 9.64 Å². The zero-order valence-electron chi connectivity index (χ0n) is 8.12. The second-order valence-corrected chi connectivity index (χ2v) is 4.06. The average molecular weight is 206 g/mol. The molecule has 0 spiro atoms. The van der Waals surface area contributed by atoms with Crippen LogP contribution in [0.3, 0.4) is 0 Å². The molecule has 1 heterocycles. The third kappa shape index (κ3) is 2.85. The molecule has 0 aliphatic carbocycles. The number of likely N-dealkylation sites (tertiary alicyclic amines) is 1. The van der Waals surface area contributed by atoms with Crippen molar-refractivity contribution in [1.29, 1.82) is 0 Å². The van der Waals surface area contributed by atoms with Crippen LogP contribution in [0.15, 0.2) is 0 Å². The third-order valence-corrected chi connectivity index (χ3v) is 3.04. The Bertz CT molecular complexity index is 186. The van der Waals surface area contributed by atoms with E-state index in [2.05, 4.69) is 9.64 Å². The number of halogens is 1. The van der Waals surface area contributed by atoms with Crippen molar-refractivity contribution in [2.45, 2.75) is 18.2 Å². The van der Waals surface area contributed by atoms with E-state index in [0.29, 0.717) is 0 Å². The first kappa shape index (κ1) is 10.8. The number of rotatable bonds is 2. The normalized spacial score (nSPS) is 26.8. The average Bonchev–Trinajstić information content (AvgIpc) is 2.15. The molecule has 1 rings (SSSR count). The number of hydrogen-bond acceptors (Lipinski definition) is 3. The van der Waals surface area contributed by atoms with E-state index in [-0.39, 0.29) is 11.9 Å². The Labute approximate surface area is 84.0 Å². The predicted octanol–water partition coefficient (Wildman–Crippen LogP) is 1.11. The lowest BCUT2D eigenvalue weighted by atomic mass is 9.95. The van der Waals surface area contributed by atoms with Crippen molar-refractivity contribution < 1.29 is 9.53 Å². The number of carbonyl (C=O) groups excluding carboxylic acids is 1. The quantitative estimate of drug-likeness (QED) is 0.500. The van der Waals surface area contributed by atoms with Crippen LogP contribution in [0.1, 0.15) is 12.8 Å². The molecule has 0 aromatic rings. The first-order valence-corrected chi connectivity index (χ1v) is 4.99. The van der Waals surface area contributed by atoms with Crippen molar-refractivity contribution >= 4 is 17.6 Å². The van der Waals surface area contributed by atoms with Crippen LogP contribution in [0.2, 0.25) is 0 Å². The Hall–Kier alpha value is -0.280. The largest absolute Gasteiger partial charge is 0.468 e. The minimum Gasteiger partial charge on any atom is -0.468 e. The Morgan fingerprint density at radius 2 is 2.38 bits per heavy atom. The van der Waals surface area contributed by atoms with Gasteiger partial charge in [-0.25, -0.2) is 0 Å². The molecule has 76 valence electrons. The maximum Gasteiger partial charge on any atom is 0.324 e. The molecular formula is C9H16ClNO2. The van der Waals surface area contributed by atoms with Crippen LogP contribution in [0.5, 0.6) is 0 Å². The number of methoxy groups -OCH3 is 1. The van der Waals surface area contributed by atoms with Crippen LogP contribution in [-0.4, -0.2) is 43.5 Å². The molecule has 1 aliphatic rings. The van der Waals surface area contributed by atoms with Gasteiger partial charge in [0, 0.05) is 6.54 Å². The molecule has 4 heteroatoms. The van der Waals surface area contributed by atoms with Crippen molar-refractivity contribution in [2.24, 2.45) is 5.92 Å². The molecule has 0 N–H and O–H groups in total. The van der Waals surface area contributed by atoms with Crippen molar-refractivity contribution in [1.82, 2.24) is 4.90 Å². The van der Waals surface area contributed by atoms with E-state index in [0.717, 1.165) is 25.9 Å². The number of ether oxygens (including phenoxy) is 1. The van der Waals surface area contributed by atoms with Crippen LogP contribution in [0.25, 0.3) is 0 Å². The molecule has 0 aromatic heterocycles. The fourth-order valence-corrected chi connectivity index (χ4v) is 2.04. The topological polar surface area (TPSA) is 29.5 Å². The van der Waals surface area contributed by atoms with Gasteiger partial charge in [-0.1, -0.05) is 0 Å². The number of esters is 1. The van der Waals surface area contributed by atoms with Crippen molar-refractivity contribution in [2.75, 3.05) is 27.2 Å². The number of piperidine rings is 1. The summed E-state index contributed by atoms with van der Waals surface area (Å²) < 4.78 is 4.61. The first-order valence-electron chi connectivity index (χ1n) is 4.55. The summed E-state index contributed by atoms with van der Waals surface area (Å²) in [4.78, 5) is 13.3. The summed E-state index contributed by atoms with van der Waals surface area (Å²) in [6, 6.07) is 0. The van der Waals surface area contributed by atoms with Crippen molar-refractivity contribution in [3.05, 3.63) is 0 Å². The van der Waals surface area contributed by atoms with E-state index in [1.807, 2.05) is 7.05 Å². The fraction of sp³-hybridized carbons (Fsp3) is 0.889. The summed E-state index contributed by atoms with van der Waals surface area (Å²) in [5.74, 6) is -0.0603. The van der Waals surface area contributed by atoms with Crippen molar-refractivity contribution in [3.63, 3.8) is 0 Å². The molecule has 1 aliphatic heterocycles. The van der Waals surface area contributed by atoms with Gasteiger partial charge in [-0.3, -0.25) is 4.79 Å². The SMILES string of the molecule is COC(=O)C(Cl)C1CCCN(C)C1. The minimum absolute atomic E-state index is 0.243. The standard InChI is InChI=1S/C9H16ClNO2/c1-11-5-3-4-7(6-11)8(10)9(12)13-2/h7-8H,3-6H2,1-2H3. The van der Waals surface area contributed by atoms with E-state index in [1.165, 1.54) is 7.11 Å². The predicted molar refractivity (Wildman–Crippen MR) is 51.9 cm³/mol. The second kappa shape index (κ2) is 4.82. The molecule has 0 saturated carbocycles. The smallest absolute Gasteiger partial charge is 0.324 e. The minimum atomic E-state index is -0.479. The summed E-state index contributed by atoms with van der Waals surface area (Å²) in [6.45, 7) is 1.99. The molecule has 1 saturated heterocycles. The highest BCUT2D eigenvalue weighted by atomic mass is 35.5.